The number of ether oxygens (including phenoxy) is 1. The summed E-state index contributed by atoms with van der Waals surface area (Å²) in [5.41, 5.74) is 2.71. The van der Waals surface area contributed by atoms with E-state index in [4.69, 9.17) is 0 Å². The fourth-order valence-corrected chi connectivity index (χ4v) is 2.86. The maximum absolute atomic E-state index is 12.7. The van der Waals surface area contributed by atoms with Gasteiger partial charge >= 0.3 is 5.97 Å². The standard InChI is InChI=1S/C15H15N3O4/c1-8-5-4-6-9(7-8)18-12(19)10-11(13(20)22-3)16-17-15(10,2)14(18)21/h4-7,10,17H,1-3H3/t10-,15-/m1/s1. The lowest BCUT2D eigenvalue weighted by Crippen LogP contribution is -2.48. The molecule has 2 aliphatic heterocycles. The Bertz CT molecular complexity index is 727. The Morgan fingerprint density at radius 2 is 2.14 bits per heavy atom. The number of nitrogens with zero attached hydrogens (tertiary/aromatic N) is 2. The average molecular weight is 301 g/mol. The summed E-state index contributed by atoms with van der Waals surface area (Å²) in [5, 5.41) is 3.83. The summed E-state index contributed by atoms with van der Waals surface area (Å²) in [6.45, 7) is 3.43. The number of esters is 1. The highest BCUT2D eigenvalue weighted by Crippen LogP contribution is 2.38. The van der Waals surface area contributed by atoms with Gasteiger partial charge < -0.3 is 4.74 Å². The van der Waals surface area contributed by atoms with E-state index in [1.807, 2.05) is 13.0 Å². The molecule has 1 fully saturated rings. The molecule has 7 heteroatoms. The summed E-state index contributed by atoms with van der Waals surface area (Å²) in [6, 6.07) is 7.07. The van der Waals surface area contributed by atoms with Crippen molar-refractivity contribution in [1.82, 2.24) is 5.43 Å². The maximum Gasteiger partial charge on any atom is 0.355 e. The molecule has 0 aliphatic carbocycles. The zero-order chi connectivity index (χ0) is 16.1. The predicted molar refractivity (Wildman–Crippen MR) is 78.2 cm³/mol. The van der Waals surface area contributed by atoms with Crippen molar-refractivity contribution in [3.8, 4) is 0 Å². The first-order chi connectivity index (χ1) is 10.4. The molecule has 0 saturated carbocycles. The maximum atomic E-state index is 12.7. The first kappa shape index (κ1) is 14.2. The normalized spacial score (nSPS) is 26.6. The number of methoxy groups -OCH3 is 1. The summed E-state index contributed by atoms with van der Waals surface area (Å²) in [5.74, 6) is -2.61. The number of nitrogens with one attached hydrogen (secondary N) is 1. The lowest BCUT2D eigenvalue weighted by atomic mass is 9.86. The third kappa shape index (κ3) is 1.75. The molecule has 2 atom stereocenters. The predicted octanol–water partition coefficient (Wildman–Crippen LogP) is 0.375. The van der Waals surface area contributed by atoms with Crippen LogP contribution in [0.5, 0.6) is 0 Å². The van der Waals surface area contributed by atoms with Gasteiger partial charge in [-0.1, -0.05) is 12.1 Å². The number of hydrogen-bond donors (Lipinski definition) is 1. The smallest absolute Gasteiger partial charge is 0.355 e. The number of carbonyl (C=O) groups excluding carboxylic acids is 3. The molecule has 0 spiro atoms. The van der Waals surface area contributed by atoms with E-state index in [1.165, 1.54) is 7.11 Å². The minimum Gasteiger partial charge on any atom is -0.464 e. The number of hydrogen-bond acceptors (Lipinski definition) is 6. The van der Waals surface area contributed by atoms with E-state index in [1.54, 1.807) is 25.1 Å². The molecule has 0 aromatic heterocycles. The number of anilines is 1. The van der Waals surface area contributed by atoms with Crippen LogP contribution < -0.4 is 10.3 Å². The Labute approximate surface area is 126 Å². The van der Waals surface area contributed by atoms with E-state index >= 15 is 0 Å². The van der Waals surface area contributed by atoms with E-state index in [2.05, 4.69) is 15.3 Å². The monoisotopic (exact) mass is 301 g/mol. The zero-order valence-electron chi connectivity index (χ0n) is 12.4. The molecule has 2 amide bonds. The van der Waals surface area contributed by atoms with Crippen LogP contribution in [0.15, 0.2) is 29.4 Å². The van der Waals surface area contributed by atoms with Crippen LogP contribution in [0.25, 0.3) is 0 Å². The highest BCUT2D eigenvalue weighted by Gasteiger charge is 2.63. The molecule has 1 N–H and O–H groups in total. The molecular formula is C15H15N3O4. The van der Waals surface area contributed by atoms with Crippen molar-refractivity contribution in [3.63, 3.8) is 0 Å². The average Bonchev–Trinajstić information content (AvgIpc) is 2.93. The van der Waals surface area contributed by atoms with Gasteiger partial charge in [0.1, 0.15) is 11.5 Å². The summed E-state index contributed by atoms with van der Waals surface area (Å²) in [4.78, 5) is 38.3. The Balaban J connectivity index is 2.05. The minimum absolute atomic E-state index is 0.0708. The van der Waals surface area contributed by atoms with E-state index in [9.17, 15) is 14.4 Å². The number of hydrazone groups is 1. The molecule has 114 valence electrons. The van der Waals surface area contributed by atoms with Gasteiger partial charge in [0.15, 0.2) is 5.71 Å². The van der Waals surface area contributed by atoms with E-state index < -0.39 is 29.2 Å². The molecule has 22 heavy (non-hydrogen) atoms. The lowest BCUT2D eigenvalue weighted by Gasteiger charge is -2.20. The van der Waals surface area contributed by atoms with Crippen molar-refractivity contribution >= 4 is 29.2 Å². The van der Waals surface area contributed by atoms with Crippen LogP contribution in [0.2, 0.25) is 0 Å². The van der Waals surface area contributed by atoms with Gasteiger partial charge in [0, 0.05) is 0 Å². The topological polar surface area (TPSA) is 88.1 Å². The molecule has 1 saturated heterocycles. The van der Waals surface area contributed by atoms with Crippen molar-refractivity contribution in [2.24, 2.45) is 11.0 Å². The van der Waals surface area contributed by atoms with Crippen molar-refractivity contribution < 1.29 is 19.1 Å². The number of aryl methyl sites for hydroxylation is 1. The Morgan fingerprint density at radius 1 is 1.41 bits per heavy atom. The summed E-state index contributed by atoms with van der Waals surface area (Å²) in [6.07, 6.45) is 0. The fraction of sp³-hybridized carbons (Fsp3) is 0.333. The van der Waals surface area contributed by atoms with Gasteiger partial charge in [0.2, 0.25) is 5.91 Å². The minimum atomic E-state index is -1.26. The molecule has 1 aromatic rings. The first-order valence-corrected chi connectivity index (χ1v) is 6.78. The lowest BCUT2D eigenvalue weighted by molar-refractivity contribution is -0.133. The SMILES string of the molecule is COC(=O)C1=NN[C@@]2(C)C(=O)N(c3cccc(C)c3)C(=O)[C@@H]12. The van der Waals surface area contributed by atoms with Crippen LogP contribution in [0.3, 0.4) is 0 Å². The molecule has 1 aromatic carbocycles. The largest absolute Gasteiger partial charge is 0.464 e. The summed E-state index contributed by atoms with van der Waals surface area (Å²) >= 11 is 0. The van der Waals surface area contributed by atoms with Crippen molar-refractivity contribution in [3.05, 3.63) is 29.8 Å². The van der Waals surface area contributed by atoms with Crippen LogP contribution >= 0.6 is 0 Å². The molecule has 2 heterocycles. The molecular weight excluding hydrogens is 286 g/mol. The van der Waals surface area contributed by atoms with Crippen LogP contribution in [0.1, 0.15) is 12.5 Å². The van der Waals surface area contributed by atoms with Gasteiger partial charge in [-0.25, -0.2) is 9.69 Å². The highest BCUT2D eigenvalue weighted by atomic mass is 16.5. The van der Waals surface area contributed by atoms with Gasteiger partial charge in [0.05, 0.1) is 12.8 Å². The molecule has 0 radical (unpaired) electrons. The van der Waals surface area contributed by atoms with Crippen molar-refractivity contribution in [2.75, 3.05) is 12.0 Å². The number of benzene rings is 1. The highest BCUT2D eigenvalue weighted by molar-refractivity contribution is 6.47. The van der Waals surface area contributed by atoms with Crippen molar-refractivity contribution in [1.29, 1.82) is 0 Å². The number of carbonyl (C=O) groups is 3. The number of rotatable bonds is 2. The van der Waals surface area contributed by atoms with Crippen LogP contribution in [0, 0.1) is 12.8 Å². The second-order valence-electron chi connectivity index (χ2n) is 5.55. The third-order valence-corrected chi connectivity index (χ3v) is 4.03. The Kier molecular flexibility index (Phi) is 3.01. The van der Waals surface area contributed by atoms with Gasteiger partial charge in [0.25, 0.3) is 5.91 Å². The first-order valence-electron chi connectivity index (χ1n) is 6.78. The van der Waals surface area contributed by atoms with Gasteiger partial charge in [-0.3, -0.25) is 15.0 Å². The summed E-state index contributed by atoms with van der Waals surface area (Å²) < 4.78 is 4.64. The number of fused-ring (bicyclic) bond motifs is 1. The molecule has 0 unspecified atom stereocenters. The van der Waals surface area contributed by atoms with Crippen molar-refractivity contribution in [2.45, 2.75) is 19.4 Å². The van der Waals surface area contributed by atoms with Gasteiger partial charge in [-0.05, 0) is 31.5 Å². The van der Waals surface area contributed by atoms with E-state index in [0.717, 1.165) is 10.5 Å². The Hall–Kier alpha value is -2.70. The summed E-state index contributed by atoms with van der Waals surface area (Å²) in [7, 11) is 1.21. The molecule has 2 aliphatic rings. The molecule has 7 nitrogen and oxygen atoms in total. The van der Waals surface area contributed by atoms with Gasteiger partial charge in [-0.15, -0.1) is 0 Å². The number of amides is 2. The second kappa shape index (κ2) is 4.66. The molecule has 3 rings (SSSR count). The van der Waals surface area contributed by atoms with Crippen LogP contribution in [-0.4, -0.2) is 36.1 Å². The van der Waals surface area contributed by atoms with Crippen LogP contribution in [0.4, 0.5) is 5.69 Å². The third-order valence-electron chi connectivity index (χ3n) is 4.03. The van der Waals surface area contributed by atoms with Crippen LogP contribution in [-0.2, 0) is 19.1 Å². The second-order valence-corrected chi connectivity index (χ2v) is 5.55. The zero-order valence-corrected chi connectivity index (χ0v) is 12.4. The molecule has 0 bridgehead atoms. The Morgan fingerprint density at radius 3 is 2.77 bits per heavy atom. The quantitative estimate of drug-likeness (QED) is 0.630. The number of imide groups is 1. The van der Waals surface area contributed by atoms with E-state index in [-0.39, 0.29) is 5.71 Å². The fourth-order valence-electron chi connectivity index (χ4n) is 2.86. The van der Waals surface area contributed by atoms with Gasteiger partial charge in [-0.2, -0.15) is 5.10 Å². The van der Waals surface area contributed by atoms with E-state index in [0.29, 0.717) is 5.69 Å².